The molecule has 4 heteroatoms. The number of aliphatic hydroxyl groups excluding tert-OH is 1. The van der Waals surface area contributed by atoms with E-state index in [-0.39, 0.29) is 0 Å². The van der Waals surface area contributed by atoms with E-state index < -0.39 is 6.10 Å². The molecule has 1 aromatic carbocycles. The van der Waals surface area contributed by atoms with Crippen LogP contribution in [-0.2, 0) is 0 Å². The zero-order valence-corrected chi connectivity index (χ0v) is 13.0. The average Bonchev–Trinajstić information content (AvgIpc) is 2.57. The molecule has 1 saturated heterocycles. The summed E-state index contributed by atoms with van der Waals surface area (Å²) < 4.78 is 0. The van der Waals surface area contributed by atoms with Crippen LogP contribution in [0.2, 0.25) is 0 Å². The van der Waals surface area contributed by atoms with E-state index in [2.05, 4.69) is 46.0 Å². The maximum absolute atomic E-state index is 10.3. The van der Waals surface area contributed by atoms with Gasteiger partial charge in [0.1, 0.15) is 6.10 Å². The van der Waals surface area contributed by atoms with E-state index in [1.165, 1.54) is 11.3 Å². The van der Waals surface area contributed by atoms with Crippen LogP contribution in [0.5, 0.6) is 0 Å². The molecule has 0 bridgehead atoms. The first-order valence-corrected chi connectivity index (χ1v) is 7.86. The number of piperazine rings is 1. The van der Waals surface area contributed by atoms with Crippen molar-refractivity contribution in [1.29, 1.82) is 0 Å². The summed E-state index contributed by atoms with van der Waals surface area (Å²) in [5, 5.41) is 10.3. The van der Waals surface area contributed by atoms with Gasteiger partial charge in [-0.3, -0.25) is 9.88 Å². The molecule has 1 atom stereocenters. The molecular formula is C18H23N3O. The van der Waals surface area contributed by atoms with Crippen LogP contribution in [-0.4, -0.2) is 47.7 Å². The second-order valence-corrected chi connectivity index (χ2v) is 5.84. The summed E-state index contributed by atoms with van der Waals surface area (Å²) >= 11 is 0. The molecule has 0 saturated carbocycles. The van der Waals surface area contributed by atoms with Gasteiger partial charge >= 0.3 is 0 Å². The Morgan fingerprint density at radius 1 is 1.05 bits per heavy atom. The van der Waals surface area contributed by atoms with Gasteiger partial charge in [0.25, 0.3) is 0 Å². The third-order valence-electron chi connectivity index (χ3n) is 4.29. The highest BCUT2D eigenvalue weighted by Gasteiger charge is 2.21. The first-order chi connectivity index (χ1) is 10.7. The maximum Gasteiger partial charge on any atom is 0.109 e. The van der Waals surface area contributed by atoms with Crippen LogP contribution in [0.3, 0.4) is 0 Å². The Bertz CT molecular complexity index is 594. The highest BCUT2D eigenvalue weighted by molar-refractivity contribution is 5.53. The Hall–Kier alpha value is -1.91. The van der Waals surface area contributed by atoms with Crippen molar-refractivity contribution in [3.63, 3.8) is 0 Å². The van der Waals surface area contributed by atoms with E-state index in [4.69, 9.17) is 0 Å². The van der Waals surface area contributed by atoms with Crippen LogP contribution in [0.4, 0.5) is 5.69 Å². The minimum absolute atomic E-state index is 0.508. The second kappa shape index (κ2) is 6.90. The van der Waals surface area contributed by atoms with Gasteiger partial charge in [0.05, 0.1) is 5.69 Å². The molecule has 116 valence electrons. The third kappa shape index (κ3) is 3.46. The molecule has 4 nitrogen and oxygen atoms in total. The van der Waals surface area contributed by atoms with Crippen molar-refractivity contribution >= 4 is 5.69 Å². The van der Waals surface area contributed by atoms with Crippen LogP contribution in [0, 0.1) is 6.92 Å². The van der Waals surface area contributed by atoms with Crippen molar-refractivity contribution in [2.45, 2.75) is 13.0 Å². The molecule has 22 heavy (non-hydrogen) atoms. The van der Waals surface area contributed by atoms with Crippen LogP contribution in [0.15, 0.2) is 48.7 Å². The normalized spacial score (nSPS) is 17.5. The monoisotopic (exact) mass is 297 g/mol. The SMILES string of the molecule is Cc1ccccc1N1CCN(CC(O)c2ccccn2)CC1. The summed E-state index contributed by atoms with van der Waals surface area (Å²) in [6.07, 6.45) is 1.22. The van der Waals surface area contributed by atoms with Gasteiger partial charge in [0, 0.05) is 44.6 Å². The summed E-state index contributed by atoms with van der Waals surface area (Å²) in [7, 11) is 0. The van der Waals surface area contributed by atoms with Crippen LogP contribution >= 0.6 is 0 Å². The van der Waals surface area contributed by atoms with Gasteiger partial charge in [0.2, 0.25) is 0 Å². The highest BCUT2D eigenvalue weighted by Crippen LogP contribution is 2.21. The molecule has 3 rings (SSSR count). The number of rotatable bonds is 4. The fourth-order valence-electron chi connectivity index (χ4n) is 3.00. The zero-order valence-electron chi connectivity index (χ0n) is 13.0. The number of pyridine rings is 1. The molecule has 0 aliphatic carbocycles. The van der Waals surface area contributed by atoms with Gasteiger partial charge in [-0.15, -0.1) is 0 Å². The topological polar surface area (TPSA) is 39.6 Å². The van der Waals surface area contributed by atoms with Crippen molar-refractivity contribution in [1.82, 2.24) is 9.88 Å². The van der Waals surface area contributed by atoms with E-state index >= 15 is 0 Å². The first kappa shape index (κ1) is 15.0. The molecule has 1 unspecified atom stereocenters. The Morgan fingerprint density at radius 3 is 2.45 bits per heavy atom. The molecule has 2 aromatic rings. The lowest BCUT2D eigenvalue weighted by Gasteiger charge is -2.37. The molecule has 0 spiro atoms. The molecule has 1 aliphatic heterocycles. The molecule has 1 fully saturated rings. The van der Waals surface area contributed by atoms with Crippen molar-refractivity contribution in [3.8, 4) is 0 Å². The van der Waals surface area contributed by atoms with Gasteiger partial charge in [-0.05, 0) is 30.7 Å². The van der Waals surface area contributed by atoms with Gasteiger partial charge in [-0.2, -0.15) is 0 Å². The van der Waals surface area contributed by atoms with E-state index in [1.54, 1.807) is 6.20 Å². The Morgan fingerprint density at radius 2 is 1.77 bits per heavy atom. The lowest BCUT2D eigenvalue weighted by molar-refractivity contribution is 0.106. The standard InChI is InChI=1S/C18H23N3O/c1-15-6-2-3-8-17(15)21-12-10-20(11-13-21)14-18(22)16-7-4-5-9-19-16/h2-9,18,22H,10-14H2,1H3. The van der Waals surface area contributed by atoms with Crippen LogP contribution in [0.25, 0.3) is 0 Å². The number of benzene rings is 1. The predicted molar refractivity (Wildman–Crippen MR) is 89.0 cm³/mol. The Kier molecular flexibility index (Phi) is 4.71. The lowest BCUT2D eigenvalue weighted by atomic mass is 10.1. The lowest BCUT2D eigenvalue weighted by Crippen LogP contribution is -2.47. The zero-order chi connectivity index (χ0) is 15.4. The smallest absolute Gasteiger partial charge is 0.109 e. The largest absolute Gasteiger partial charge is 0.385 e. The number of anilines is 1. The number of nitrogens with zero attached hydrogens (tertiary/aromatic N) is 3. The van der Waals surface area contributed by atoms with E-state index in [0.29, 0.717) is 6.54 Å². The fraction of sp³-hybridized carbons (Fsp3) is 0.389. The average molecular weight is 297 g/mol. The summed E-state index contributed by atoms with van der Waals surface area (Å²) in [5.74, 6) is 0. The Balaban J connectivity index is 1.55. The molecule has 0 amide bonds. The predicted octanol–water partition coefficient (Wildman–Crippen LogP) is 2.25. The van der Waals surface area contributed by atoms with Gasteiger partial charge in [-0.25, -0.2) is 0 Å². The minimum atomic E-state index is -0.508. The molecule has 1 N–H and O–H groups in total. The Labute approximate surface area is 132 Å². The van der Waals surface area contributed by atoms with Crippen LogP contribution in [0.1, 0.15) is 17.4 Å². The fourth-order valence-corrected chi connectivity index (χ4v) is 3.00. The number of hydrogen-bond donors (Lipinski definition) is 1. The molecule has 0 radical (unpaired) electrons. The van der Waals surface area contributed by atoms with Crippen molar-refractivity contribution in [2.75, 3.05) is 37.6 Å². The number of para-hydroxylation sites is 1. The third-order valence-corrected chi connectivity index (χ3v) is 4.29. The summed E-state index contributed by atoms with van der Waals surface area (Å²) in [6.45, 7) is 6.75. The van der Waals surface area contributed by atoms with Gasteiger partial charge in [-0.1, -0.05) is 24.3 Å². The second-order valence-electron chi connectivity index (χ2n) is 5.84. The molecule has 1 aliphatic rings. The molecule has 1 aromatic heterocycles. The summed E-state index contributed by atoms with van der Waals surface area (Å²) in [6, 6.07) is 14.2. The van der Waals surface area contributed by atoms with Gasteiger partial charge in [0.15, 0.2) is 0 Å². The number of β-amino-alcohol motifs (C(OH)–C–C–N with tert-alkyl or cyclic N) is 1. The number of hydrogen-bond acceptors (Lipinski definition) is 4. The minimum Gasteiger partial charge on any atom is -0.385 e. The first-order valence-electron chi connectivity index (χ1n) is 7.86. The van der Waals surface area contributed by atoms with Crippen LogP contribution < -0.4 is 4.90 Å². The maximum atomic E-state index is 10.3. The quantitative estimate of drug-likeness (QED) is 0.939. The van der Waals surface area contributed by atoms with E-state index in [9.17, 15) is 5.11 Å². The van der Waals surface area contributed by atoms with E-state index in [1.807, 2.05) is 18.2 Å². The summed E-state index contributed by atoms with van der Waals surface area (Å²) in [5.41, 5.74) is 3.40. The van der Waals surface area contributed by atoms with Crippen molar-refractivity contribution in [3.05, 3.63) is 59.9 Å². The van der Waals surface area contributed by atoms with Gasteiger partial charge < -0.3 is 10.0 Å². The molecule has 2 heterocycles. The van der Waals surface area contributed by atoms with Crippen molar-refractivity contribution in [2.24, 2.45) is 0 Å². The van der Waals surface area contributed by atoms with E-state index in [0.717, 1.165) is 31.9 Å². The van der Waals surface area contributed by atoms with Crippen molar-refractivity contribution < 1.29 is 5.11 Å². The number of aromatic nitrogens is 1. The number of aliphatic hydroxyl groups is 1. The number of aryl methyl sites for hydroxylation is 1. The summed E-state index contributed by atoms with van der Waals surface area (Å²) in [4.78, 5) is 8.97. The molecular weight excluding hydrogens is 274 g/mol. The highest BCUT2D eigenvalue weighted by atomic mass is 16.3.